The molecule has 0 saturated carbocycles. The Balaban J connectivity index is 2.29. The molecule has 84 valence electrons. The van der Waals surface area contributed by atoms with Crippen LogP contribution in [0.3, 0.4) is 0 Å². The molecule has 0 atom stereocenters. The van der Waals surface area contributed by atoms with Gasteiger partial charge in [-0.1, -0.05) is 12.1 Å². The fourth-order valence-corrected chi connectivity index (χ4v) is 1.37. The summed E-state index contributed by atoms with van der Waals surface area (Å²) in [6.07, 6.45) is 6.82. The number of nitrogens with two attached hydrogens (primary N) is 1. The van der Waals surface area contributed by atoms with Crippen molar-refractivity contribution >= 4 is 11.6 Å². The standard InChI is InChI=1S/C13H16N2O/c1-2-3-9-15-13(16)8-7-11-5-4-6-12(14)10-11/h1,4-6,10H,3,7-9,14H2,(H,15,16). The molecule has 0 fully saturated rings. The van der Waals surface area contributed by atoms with Crippen molar-refractivity contribution in [3.8, 4) is 12.3 Å². The highest BCUT2D eigenvalue weighted by molar-refractivity contribution is 5.76. The summed E-state index contributed by atoms with van der Waals surface area (Å²) in [7, 11) is 0. The molecule has 0 unspecified atom stereocenters. The predicted octanol–water partition coefficient (Wildman–Crippen LogP) is 1.34. The van der Waals surface area contributed by atoms with Gasteiger partial charge in [0.25, 0.3) is 0 Å². The second kappa shape index (κ2) is 6.52. The van der Waals surface area contributed by atoms with Gasteiger partial charge in [0.05, 0.1) is 0 Å². The number of amides is 1. The second-order valence-electron chi connectivity index (χ2n) is 3.55. The van der Waals surface area contributed by atoms with Gasteiger partial charge in [0.15, 0.2) is 0 Å². The number of anilines is 1. The number of nitrogens with one attached hydrogen (secondary N) is 1. The molecule has 0 aliphatic carbocycles. The van der Waals surface area contributed by atoms with Crippen LogP contribution in [0.15, 0.2) is 24.3 Å². The Morgan fingerprint density at radius 3 is 3.00 bits per heavy atom. The van der Waals surface area contributed by atoms with Gasteiger partial charge in [0, 0.05) is 25.1 Å². The highest BCUT2D eigenvalue weighted by Gasteiger charge is 2.01. The van der Waals surface area contributed by atoms with Crippen LogP contribution in [-0.2, 0) is 11.2 Å². The molecule has 1 aromatic rings. The topological polar surface area (TPSA) is 55.1 Å². The lowest BCUT2D eigenvalue weighted by Crippen LogP contribution is -2.24. The molecule has 3 N–H and O–H groups in total. The molecule has 3 nitrogen and oxygen atoms in total. The number of carbonyl (C=O) groups excluding carboxylic acids is 1. The average Bonchev–Trinajstić information content (AvgIpc) is 2.27. The molecule has 0 aliphatic heterocycles. The molecular weight excluding hydrogens is 200 g/mol. The van der Waals surface area contributed by atoms with Crippen LogP contribution in [0.4, 0.5) is 5.69 Å². The van der Waals surface area contributed by atoms with Gasteiger partial charge in [-0.15, -0.1) is 12.3 Å². The number of hydrogen-bond acceptors (Lipinski definition) is 2. The van der Waals surface area contributed by atoms with E-state index in [1.54, 1.807) is 0 Å². The third kappa shape index (κ3) is 4.52. The molecule has 0 heterocycles. The number of rotatable bonds is 5. The average molecular weight is 216 g/mol. The van der Waals surface area contributed by atoms with Crippen LogP contribution in [0.25, 0.3) is 0 Å². The molecule has 1 rings (SSSR count). The summed E-state index contributed by atoms with van der Waals surface area (Å²) in [6.45, 7) is 0.548. The lowest BCUT2D eigenvalue weighted by molar-refractivity contribution is -0.121. The summed E-state index contributed by atoms with van der Waals surface area (Å²) in [5.74, 6) is 2.50. The van der Waals surface area contributed by atoms with Crippen molar-refractivity contribution in [2.45, 2.75) is 19.3 Å². The number of terminal acetylenes is 1. The summed E-state index contributed by atoms with van der Waals surface area (Å²) >= 11 is 0. The highest BCUT2D eigenvalue weighted by atomic mass is 16.1. The Hall–Kier alpha value is -1.95. The fourth-order valence-electron chi connectivity index (χ4n) is 1.37. The van der Waals surface area contributed by atoms with Crippen molar-refractivity contribution in [1.82, 2.24) is 5.32 Å². The van der Waals surface area contributed by atoms with E-state index >= 15 is 0 Å². The Bertz CT molecular complexity index is 393. The molecule has 16 heavy (non-hydrogen) atoms. The normalized spacial score (nSPS) is 9.44. The van der Waals surface area contributed by atoms with Crippen LogP contribution >= 0.6 is 0 Å². The zero-order valence-corrected chi connectivity index (χ0v) is 9.20. The van der Waals surface area contributed by atoms with E-state index in [4.69, 9.17) is 12.2 Å². The summed E-state index contributed by atoms with van der Waals surface area (Å²) in [6, 6.07) is 7.57. The predicted molar refractivity (Wildman–Crippen MR) is 65.6 cm³/mol. The molecular formula is C13H16N2O. The number of carbonyl (C=O) groups is 1. The molecule has 1 aromatic carbocycles. The third-order valence-corrected chi connectivity index (χ3v) is 2.18. The van der Waals surface area contributed by atoms with E-state index < -0.39 is 0 Å². The number of benzene rings is 1. The van der Waals surface area contributed by atoms with Gasteiger partial charge in [0.1, 0.15) is 0 Å². The molecule has 0 saturated heterocycles. The van der Waals surface area contributed by atoms with Crippen molar-refractivity contribution in [3.63, 3.8) is 0 Å². The zero-order valence-electron chi connectivity index (χ0n) is 9.20. The van der Waals surface area contributed by atoms with Crippen LogP contribution in [0.5, 0.6) is 0 Å². The number of aryl methyl sites for hydroxylation is 1. The Morgan fingerprint density at radius 1 is 1.50 bits per heavy atom. The first kappa shape index (κ1) is 12.1. The quantitative estimate of drug-likeness (QED) is 0.443. The summed E-state index contributed by atoms with van der Waals surface area (Å²) in [5, 5.41) is 2.76. The number of nitrogen functional groups attached to an aromatic ring is 1. The Labute approximate surface area is 96.0 Å². The van der Waals surface area contributed by atoms with Crippen molar-refractivity contribution in [3.05, 3.63) is 29.8 Å². The van der Waals surface area contributed by atoms with Gasteiger partial charge in [-0.25, -0.2) is 0 Å². The first-order chi connectivity index (χ1) is 7.72. The van der Waals surface area contributed by atoms with Gasteiger partial charge < -0.3 is 11.1 Å². The molecule has 0 bridgehead atoms. The molecule has 3 heteroatoms. The van der Waals surface area contributed by atoms with Gasteiger partial charge in [-0.05, 0) is 24.1 Å². The van der Waals surface area contributed by atoms with E-state index in [9.17, 15) is 4.79 Å². The summed E-state index contributed by atoms with van der Waals surface area (Å²) in [5.41, 5.74) is 7.44. The molecule has 0 spiro atoms. The van der Waals surface area contributed by atoms with Crippen LogP contribution in [-0.4, -0.2) is 12.5 Å². The van der Waals surface area contributed by atoms with Crippen molar-refractivity contribution < 1.29 is 4.79 Å². The van der Waals surface area contributed by atoms with Gasteiger partial charge in [-0.2, -0.15) is 0 Å². The Morgan fingerprint density at radius 2 is 2.31 bits per heavy atom. The molecule has 0 radical (unpaired) electrons. The lowest BCUT2D eigenvalue weighted by atomic mass is 10.1. The van der Waals surface area contributed by atoms with Crippen molar-refractivity contribution in [2.24, 2.45) is 0 Å². The zero-order chi connectivity index (χ0) is 11.8. The maximum absolute atomic E-state index is 11.4. The van der Waals surface area contributed by atoms with E-state index in [0.29, 0.717) is 25.8 Å². The van der Waals surface area contributed by atoms with Gasteiger partial charge in [0.2, 0.25) is 5.91 Å². The molecule has 0 aliphatic rings. The van der Waals surface area contributed by atoms with Crippen LogP contribution in [0, 0.1) is 12.3 Å². The van der Waals surface area contributed by atoms with Crippen molar-refractivity contribution in [1.29, 1.82) is 0 Å². The third-order valence-electron chi connectivity index (χ3n) is 2.18. The first-order valence-electron chi connectivity index (χ1n) is 5.27. The van der Waals surface area contributed by atoms with Crippen LogP contribution in [0.2, 0.25) is 0 Å². The number of hydrogen-bond donors (Lipinski definition) is 2. The van der Waals surface area contributed by atoms with Crippen LogP contribution < -0.4 is 11.1 Å². The van der Waals surface area contributed by atoms with Crippen LogP contribution in [0.1, 0.15) is 18.4 Å². The summed E-state index contributed by atoms with van der Waals surface area (Å²) < 4.78 is 0. The van der Waals surface area contributed by atoms with Gasteiger partial charge in [-0.3, -0.25) is 4.79 Å². The second-order valence-corrected chi connectivity index (χ2v) is 3.55. The minimum absolute atomic E-state index is 0.0256. The van der Waals surface area contributed by atoms with E-state index in [-0.39, 0.29) is 5.91 Å². The smallest absolute Gasteiger partial charge is 0.220 e. The van der Waals surface area contributed by atoms with E-state index in [2.05, 4.69) is 11.2 Å². The lowest BCUT2D eigenvalue weighted by Gasteiger charge is -2.04. The SMILES string of the molecule is C#CCCNC(=O)CCc1cccc(N)c1. The fraction of sp³-hybridized carbons (Fsp3) is 0.308. The Kier molecular flexibility index (Phi) is 4.94. The molecule has 1 amide bonds. The maximum Gasteiger partial charge on any atom is 0.220 e. The molecule has 0 aromatic heterocycles. The monoisotopic (exact) mass is 216 g/mol. The van der Waals surface area contributed by atoms with E-state index in [1.165, 1.54) is 0 Å². The first-order valence-corrected chi connectivity index (χ1v) is 5.27. The minimum atomic E-state index is 0.0256. The largest absolute Gasteiger partial charge is 0.399 e. The van der Waals surface area contributed by atoms with E-state index in [0.717, 1.165) is 11.3 Å². The van der Waals surface area contributed by atoms with Gasteiger partial charge >= 0.3 is 0 Å². The van der Waals surface area contributed by atoms with E-state index in [1.807, 2.05) is 24.3 Å². The minimum Gasteiger partial charge on any atom is -0.399 e. The van der Waals surface area contributed by atoms with Crippen molar-refractivity contribution in [2.75, 3.05) is 12.3 Å². The summed E-state index contributed by atoms with van der Waals surface area (Å²) in [4.78, 5) is 11.4. The highest BCUT2D eigenvalue weighted by Crippen LogP contribution is 2.08. The maximum atomic E-state index is 11.4.